The van der Waals surface area contributed by atoms with Gasteiger partial charge in [0.15, 0.2) is 0 Å². The minimum Gasteiger partial charge on any atom is -0.478 e. The normalized spacial score (nSPS) is 10.3. The molecular formula is C13H16FNO3S. The standard InChI is InChI=1S/C13H16FNO3S/c1-3-15(4-2)12(16)8-19-11-7-9(13(17)18)5-6-10(11)14/h5-7H,3-4,8H2,1-2H3,(H,17,18). The van der Waals surface area contributed by atoms with Crippen LogP contribution in [-0.4, -0.2) is 40.7 Å². The van der Waals surface area contributed by atoms with E-state index in [1.807, 2.05) is 13.8 Å². The van der Waals surface area contributed by atoms with Crippen LogP contribution in [0.1, 0.15) is 24.2 Å². The zero-order valence-corrected chi connectivity index (χ0v) is 11.7. The van der Waals surface area contributed by atoms with Crippen molar-refractivity contribution in [2.24, 2.45) is 0 Å². The highest BCUT2D eigenvalue weighted by molar-refractivity contribution is 8.00. The van der Waals surface area contributed by atoms with E-state index in [0.717, 1.165) is 17.8 Å². The smallest absolute Gasteiger partial charge is 0.335 e. The number of benzene rings is 1. The SMILES string of the molecule is CCN(CC)C(=O)CSc1cc(C(=O)O)ccc1F. The highest BCUT2D eigenvalue weighted by Crippen LogP contribution is 2.23. The zero-order chi connectivity index (χ0) is 14.4. The van der Waals surface area contributed by atoms with Gasteiger partial charge in [-0.25, -0.2) is 9.18 Å². The van der Waals surface area contributed by atoms with Gasteiger partial charge in [-0.2, -0.15) is 0 Å². The van der Waals surface area contributed by atoms with Gasteiger partial charge in [0.25, 0.3) is 0 Å². The van der Waals surface area contributed by atoms with Gasteiger partial charge in [-0.1, -0.05) is 0 Å². The number of thioether (sulfide) groups is 1. The van der Waals surface area contributed by atoms with Crippen LogP contribution in [0.2, 0.25) is 0 Å². The van der Waals surface area contributed by atoms with Crippen LogP contribution in [0.3, 0.4) is 0 Å². The average molecular weight is 285 g/mol. The van der Waals surface area contributed by atoms with Crippen LogP contribution in [0, 0.1) is 5.82 Å². The van der Waals surface area contributed by atoms with Crippen molar-refractivity contribution in [1.29, 1.82) is 0 Å². The van der Waals surface area contributed by atoms with E-state index in [1.54, 1.807) is 4.90 Å². The molecule has 1 aromatic carbocycles. The van der Waals surface area contributed by atoms with Crippen molar-refractivity contribution in [3.63, 3.8) is 0 Å². The summed E-state index contributed by atoms with van der Waals surface area (Å²) in [6, 6.07) is 3.56. The van der Waals surface area contributed by atoms with E-state index >= 15 is 0 Å². The third-order valence-corrected chi connectivity index (χ3v) is 3.66. The molecule has 0 aromatic heterocycles. The molecule has 0 radical (unpaired) electrons. The molecule has 6 heteroatoms. The summed E-state index contributed by atoms with van der Waals surface area (Å²) in [4.78, 5) is 24.4. The molecule has 0 saturated heterocycles. The molecular weight excluding hydrogens is 269 g/mol. The maximum Gasteiger partial charge on any atom is 0.335 e. The molecule has 0 fully saturated rings. The van der Waals surface area contributed by atoms with Gasteiger partial charge in [0, 0.05) is 18.0 Å². The van der Waals surface area contributed by atoms with Crippen LogP contribution < -0.4 is 0 Å². The van der Waals surface area contributed by atoms with Gasteiger partial charge < -0.3 is 10.0 Å². The van der Waals surface area contributed by atoms with Crippen LogP contribution in [-0.2, 0) is 4.79 Å². The fourth-order valence-electron chi connectivity index (χ4n) is 1.55. The number of carbonyl (C=O) groups is 2. The third-order valence-electron chi connectivity index (χ3n) is 2.65. The zero-order valence-electron chi connectivity index (χ0n) is 10.9. The number of carboxylic acids is 1. The van der Waals surface area contributed by atoms with Crippen LogP contribution in [0.4, 0.5) is 4.39 Å². The topological polar surface area (TPSA) is 57.6 Å². The first-order valence-electron chi connectivity index (χ1n) is 5.93. The molecule has 4 nitrogen and oxygen atoms in total. The Kier molecular flexibility index (Phi) is 5.82. The highest BCUT2D eigenvalue weighted by atomic mass is 32.2. The van der Waals surface area contributed by atoms with Gasteiger partial charge in [0.05, 0.1) is 11.3 Å². The second kappa shape index (κ2) is 7.13. The Bertz CT molecular complexity index is 475. The lowest BCUT2D eigenvalue weighted by atomic mass is 10.2. The maximum atomic E-state index is 13.5. The van der Waals surface area contributed by atoms with Crippen LogP contribution in [0.15, 0.2) is 23.1 Å². The number of carboxylic acid groups (broad SMARTS) is 1. The Hall–Kier alpha value is -1.56. The number of carbonyl (C=O) groups excluding carboxylic acids is 1. The lowest BCUT2D eigenvalue weighted by molar-refractivity contribution is -0.127. The lowest BCUT2D eigenvalue weighted by Crippen LogP contribution is -2.31. The molecule has 0 atom stereocenters. The van der Waals surface area contributed by atoms with Crippen LogP contribution >= 0.6 is 11.8 Å². The number of rotatable bonds is 6. The van der Waals surface area contributed by atoms with E-state index in [1.165, 1.54) is 12.1 Å². The molecule has 0 unspecified atom stereocenters. The minimum absolute atomic E-state index is 0.0131. The van der Waals surface area contributed by atoms with Crippen molar-refractivity contribution in [3.8, 4) is 0 Å². The van der Waals surface area contributed by atoms with Crippen LogP contribution in [0.5, 0.6) is 0 Å². The molecule has 1 amide bonds. The number of hydrogen-bond acceptors (Lipinski definition) is 3. The van der Waals surface area contributed by atoms with E-state index < -0.39 is 11.8 Å². The number of nitrogens with zero attached hydrogens (tertiary/aromatic N) is 1. The predicted molar refractivity (Wildman–Crippen MR) is 72.0 cm³/mol. The first-order valence-corrected chi connectivity index (χ1v) is 6.91. The summed E-state index contributed by atoms with van der Waals surface area (Å²) in [7, 11) is 0. The minimum atomic E-state index is -1.11. The Morgan fingerprint density at radius 3 is 2.47 bits per heavy atom. The summed E-state index contributed by atoms with van der Waals surface area (Å²) in [5.74, 6) is -1.61. The Balaban J connectivity index is 2.74. The van der Waals surface area contributed by atoms with E-state index in [-0.39, 0.29) is 22.1 Å². The fraction of sp³-hybridized carbons (Fsp3) is 0.385. The first-order chi connectivity index (χ1) is 8.99. The molecule has 0 aliphatic carbocycles. The van der Waals surface area contributed by atoms with Crippen molar-refractivity contribution in [1.82, 2.24) is 4.90 Å². The maximum absolute atomic E-state index is 13.5. The quantitative estimate of drug-likeness (QED) is 0.816. The summed E-state index contributed by atoms with van der Waals surface area (Å²) < 4.78 is 13.5. The van der Waals surface area contributed by atoms with Gasteiger partial charge in [-0.3, -0.25) is 4.79 Å². The Labute approximate surface area is 115 Å². The Morgan fingerprint density at radius 2 is 1.95 bits per heavy atom. The average Bonchev–Trinajstić information content (AvgIpc) is 2.38. The Morgan fingerprint density at radius 1 is 1.32 bits per heavy atom. The van der Waals surface area contributed by atoms with Crippen molar-refractivity contribution < 1.29 is 19.1 Å². The van der Waals surface area contributed by atoms with Crippen molar-refractivity contribution in [3.05, 3.63) is 29.6 Å². The molecule has 104 valence electrons. The van der Waals surface area contributed by atoms with Gasteiger partial charge in [-0.15, -0.1) is 11.8 Å². The number of amides is 1. The molecule has 1 aromatic rings. The summed E-state index contributed by atoms with van der Waals surface area (Å²) in [6.07, 6.45) is 0. The molecule has 0 aliphatic rings. The van der Waals surface area contributed by atoms with Crippen LogP contribution in [0.25, 0.3) is 0 Å². The second-order valence-electron chi connectivity index (χ2n) is 3.81. The van der Waals surface area contributed by atoms with Gasteiger partial charge in [-0.05, 0) is 32.0 Å². The van der Waals surface area contributed by atoms with E-state index in [2.05, 4.69) is 0 Å². The van der Waals surface area contributed by atoms with E-state index in [9.17, 15) is 14.0 Å². The first kappa shape index (κ1) is 15.5. The molecule has 0 aliphatic heterocycles. The lowest BCUT2D eigenvalue weighted by Gasteiger charge is -2.18. The third kappa shape index (κ3) is 4.24. The number of hydrogen-bond donors (Lipinski definition) is 1. The van der Waals surface area contributed by atoms with Crippen molar-refractivity contribution in [2.45, 2.75) is 18.7 Å². The van der Waals surface area contributed by atoms with Gasteiger partial charge in [0.2, 0.25) is 5.91 Å². The summed E-state index contributed by atoms with van der Waals surface area (Å²) in [5, 5.41) is 8.84. The van der Waals surface area contributed by atoms with E-state index in [0.29, 0.717) is 13.1 Å². The number of aromatic carboxylic acids is 1. The van der Waals surface area contributed by atoms with Gasteiger partial charge in [0.1, 0.15) is 5.82 Å². The molecule has 1 rings (SSSR count). The van der Waals surface area contributed by atoms with Crippen molar-refractivity contribution in [2.75, 3.05) is 18.8 Å². The monoisotopic (exact) mass is 285 g/mol. The van der Waals surface area contributed by atoms with Crippen molar-refractivity contribution >= 4 is 23.6 Å². The largest absolute Gasteiger partial charge is 0.478 e. The van der Waals surface area contributed by atoms with E-state index in [4.69, 9.17) is 5.11 Å². The molecule has 0 heterocycles. The van der Waals surface area contributed by atoms with Gasteiger partial charge >= 0.3 is 5.97 Å². The molecule has 0 bridgehead atoms. The molecule has 19 heavy (non-hydrogen) atoms. The second-order valence-corrected chi connectivity index (χ2v) is 4.82. The summed E-state index contributed by atoms with van der Waals surface area (Å²) >= 11 is 1.02. The molecule has 1 N–H and O–H groups in total. The number of halogens is 1. The summed E-state index contributed by atoms with van der Waals surface area (Å²) in [5.41, 5.74) is 0.0131. The molecule has 0 saturated carbocycles. The highest BCUT2D eigenvalue weighted by Gasteiger charge is 2.13. The summed E-state index contributed by atoms with van der Waals surface area (Å²) in [6.45, 7) is 4.95. The predicted octanol–water partition coefficient (Wildman–Crippen LogP) is 2.48. The molecule has 0 spiro atoms. The fourth-order valence-corrected chi connectivity index (χ4v) is 2.43.